The van der Waals surface area contributed by atoms with Gasteiger partial charge in [0.1, 0.15) is 6.61 Å². The molecule has 2 atom stereocenters. The minimum atomic E-state index is -0.681. The average molecular weight is 442 g/mol. The number of benzene rings is 3. The summed E-state index contributed by atoms with van der Waals surface area (Å²) in [7, 11) is 4.05. The van der Waals surface area contributed by atoms with Crippen molar-refractivity contribution in [3.05, 3.63) is 90.1 Å². The van der Waals surface area contributed by atoms with Gasteiger partial charge in [-0.25, -0.2) is 0 Å². The van der Waals surface area contributed by atoms with Gasteiger partial charge < -0.3 is 24.7 Å². The predicted octanol–water partition coefficient (Wildman–Crippen LogP) is 4.32. The third-order valence-electron chi connectivity index (χ3n) is 6.09. The minimum absolute atomic E-state index is 0.0156. The number of carbonyl (C=O) groups excluding carboxylic acids is 1. The maximum absolute atomic E-state index is 13.0. The number of aromatic nitrogens is 1. The molecule has 2 heterocycles. The Hall–Kier alpha value is -3.93. The molecular formula is C27H27N3O3. The maximum Gasteiger partial charge on any atom is 0.264 e. The quantitative estimate of drug-likeness (QED) is 0.468. The molecule has 4 aromatic rings. The Morgan fingerprint density at radius 2 is 1.76 bits per heavy atom. The van der Waals surface area contributed by atoms with Crippen molar-refractivity contribution >= 4 is 22.5 Å². The van der Waals surface area contributed by atoms with Gasteiger partial charge >= 0.3 is 0 Å². The number of ether oxygens (including phenoxy) is 2. The normalized spacial score (nSPS) is 15.8. The highest BCUT2D eigenvalue weighted by Gasteiger charge is 2.28. The first kappa shape index (κ1) is 20.9. The van der Waals surface area contributed by atoms with Crippen LogP contribution in [0.3, 0.4) is 0 Å². The molecule has 1 aliphatic heterocycles. The van der Waals surface area contributed by atoms with Crippen LogP contribution in [0.5, 0.6) is 11.5 Å². The zero-order valence-electron chi connectivity index (χ0n) is 18.7. The number of hydrogen-bond donors (Lipinski definition) is 2. The summed E-state index contributed by atoms with van der Waals surface area (Å²) in [4.78, 5) is 18.4. The Morgan fingerprint density at radius 3 is 2.55 bits per heavy atom. The number of fused-ring (bicyclic) bond motifs is 2. The molecule has 0 aliphatic carbocycles. The van der Waals surface area contributed by atoms with Crippen LogP contribution in [0.1, 0.15) is 17.0 Å². The molecule has 6 heteroatoms. The Labute approximate surface area is 193 Å². The first-order chi connectivity index (χ1) is 16.1. The van der Waals surface area contributed by atoms with E-state index in [9.17, 15) is 4.79 Å². The molecule has 0 saturated carbocycles. The van der Waals surface area contributed by atoms with Gasteiger partial charge in [-0.1, -0.05) is 42.5 Å². The zero-order chi connectivity index (χ0) is 22.8. The molecule has 5 rings (SSSR count). The maximum atomic E-state index is 13.0. The summed E-state index contributed by atoms with van der Waals surface area (Å²) in [6.45, 7) is 0.641. The van der Waals surface area contributed by atoms with Crippen LogP contribution < -0.4 is 19.7 Å². The van der Waals surface area contributed by atoms with E-state index in [0.717, 1.165) is 27.7 Å². The number of nitrogens with one attached hydrogen (secondary N) is 2. The van der Waals surface area contributed by atoms with E-state index in [2.05, 4.69) is 51.6 Å². The van der Waals surface area contributed by atoms with Gasteiger partial charge in [0, 0.05) is 49.3 Å². The standard InChI is InChI=1S/C27H27N3O3/c1-30(2)19-13-11-18(12-14-19)21(22-16-28-23-8-4-3-7-20(22)23)15-29-27(31)26-17-32-24-9-5-6-10-25(24)33-26/h3-14,16,21,26,28H,15,17H2,1-2H3,(H,29,31)/t21-,26-/m1/s1. The fourth-order valence-electron chi connectivity index (χ4n) is 4.26. The van der Waals surface area contributed by atoms with Gasteiger partial charge in [0.25, 0.3) is 5.91 Å². The number of hydrogen-bond acceptors (Lipinski definition) is 4. The lowest BCUT2D eigenvalue weighted by molar-refractivity contribution is -0.130. The molecule has 1 aromatic heterocycles. The highest BCUT2D eigenvalue weighted by Crippen LogP contribution is 2.33. The lowest BCUT2D eigenvalue weighted by Gasteiger charge is -2.26. The Bertz CT molecular complexity index is 1260. The van der Waals surface area contributed by atoms with Crippen LogP contribution >= 0.6 is 0 Å². The molecule has 168 valence electrons. The highest BCUT2D eigenvalue weighted by molar-refractivity contribution is 5.85. The highest BCUT2D eigenvalue weighted by atomic mass is 16.6. The van der Waals surface area contributed by atoms with Gasteiger partial charge in [-0.15, -0.1) is 0 Å². The summed E-state index contributed by atoms with van der Waals surface area (Å²) in [5.41, 5.74) is 4.49. The van der Waals surface area contributed by atoms with E-state index < -0.39 is 6.10 Å². The number of anilines is 1. The number of aromatic amines is 1. The van der Waals surface area contributed by atoms with Crippen LogP contribution in [0.2, 0.25) is 0 Å². The van der Waals surface area contributed by atoms with E-state index >= 15 is 0 Å². The van der Waals surface area contributed by atoms with Crippen LogP contribution in [0.15, 0.2) is 79.0 Å². The molecule has 0 spiro atoms. The van der Waals surface area contributed by atoms with E-state index in [1.165, 1.54) is 0 Å². The predicted molar refractivity (Wildman–Crippen MR) is 130 cm³/mol. The lowest BCUT2D eigenvalue weighted by atomic mass is 9.90. The SMILES string of the molecule is CN(C)c1ccc([C@@H](CNC(=O)[C@H]2COc3ccccc3O2)c2c[nH]c3ccccc23)cc1. The van der Waals surface area contributed by atoms with Crippen LogP contribution in [0.25, 0.3) is 10.9 Å². The molecule has 0 radical (unpaired) electrons. The Balaban J connectivity index is 1.38. The molecule has 1 aliphatic rings. The number of amides is 1. The van der Waals surface area contributed by atoms with Crippen molar-refractivity contribution in [3.8, 4) is 11.5 Å². The van der Waals surface area contributed by atoms with Crippen molar-refractivity contribution < 1.29 is 14.3 Å². The van der Waals surface area contributed by atoms with Gasteiger partial charge in [0.05, 0.1) is 0 Å². The first-order valence-electron chi connectivity index (χ1n) is 11.1. The summed E-state index contributed by atoms with van der Waals surface area (Å²) in [6, 6.07) is 24.1. The van der Waals surface area contributed by atoms with Crippen LogP contribution in [0, 0.1) is 0 Å². The Morgan fingerprint density at radius 1 is 1.03 bits per heavy atom. The second-order valence-corrected chi connectivity index (χ2v) is 8.44. The van der Waals surface area contributed by atoms with Crippen molar-refractivity contribution in [1.29, 1.82) is 0 Å². The number of rotatable bonds is 6. The second kappa shape index (κ2) is 8.90. The summed E-state index contributed by atoms with van der Waals surface area (Å²) in [6.07, 6.45) is 1.36. The van der Waals surface area contributed by atoms with Gasteiger partial charge in [-0.05, 0) is 41.5 Å². The summed E-state index contributed by atoms with van der Waals surface area (Å²) in [5.74, 6) is 1.06. The van der Waals surface area contributed by atoms with Crippen LogP contribution in [-0.2, 0) is 4.79 Å². The van der Waals surface area contributed by atoms with Crippen molar-refractivity contribution in [2.45, 2.75) is 12.0 Å². The van der Waals surface area contributed by atoms with Crippen molar-refractivity contribution in [2.24, 2.45) is 0 Å². The van der Waals surface area contributed by atoms with E-state index in [4.69, 9.17) is 9.47 Å². The number of para-hydroxylation sites is 3. The largest absolute Gasteiger partial charge is 0.485 e. The van der Waals surface area contributed by atoms with Crippen molar-refractivity contribution in [1.82, 2.24) is 10.3 Å². The second-order valence-electron chi connectivity index (χ2n) is 8.44. The first-order valence-corrected chi connectivity index (χ1v) is 11.1. The summed E-state index contributed by atoms with van der Waals surface area (Å²) >= 11 is 0. The van der Waals surface area contributed by atoms with Crippen LogP contribution in [-0.4, -0.2) is 44.2 Å². The van der Waals surface area contributed by atoms with Crippen molar-refractivity contribution in [2.75, 3.05) is 32.1 Å². The van der Waals surface area contributed by atoms with E-state index in [0.29, 0.717) is 18.0 Å². The van der Waals surface area contributed by atoms with Gasteiger partial charge in [-0.3, -0.25) is 4.79 Å². The number of H-pyrrole nitrogens is 1. The zero-order valence-corrected chi connectivity index (χ0v) is 18.7. The Kier molecular flexibility index (Phi) is 5.65. The minimum Gasteiger partial charge on any atom is -0.485 e. The molecule has 6 nitrogen and oxygen atoms in total. The van der Waals surface area contributed by atoms with Crippen LogP contribution in [0.4, 0.5) is 5.69 Å². The molecular weight excluding hydrogens is 414 g/mol. The number of carbonyl (C=O) groups is 1. The van der Waals surface area contributed by atoms with E-state index in [1.54, 1.807) is 0 Å². The number of nitrogens with zero attached hydrogens (tertiary/aromatic N) is 1. The fourth-order valence-corrected chi connectivity index (χ4v) is 4.26. The smallest absolute Gasteiger partial charge is 0.264 e. The third-order valence-corrected chi connectivity index (χ3v) is 6.09. The van der Waals surface area contributed by atoms with Crippen molar-refractivity contribution in [3.63, 3.8) is 0 Å². The molecule has 3 aromatic carbocycles. The lowest BCUT2D eigenvalue weighted by Crippen LogP contribution is -2.45. The topological polar surface area (TPSA) is 66.6 Å². The van der Waals surface area contributed by atoms with E-state index in [1.807, 2.05) is 56.7 Å². The molecule has 33 heavy (non-hydrogen) atoms. The molecule has 0 bridgehead atoms. The monoisotopic (exact) mass is 441 g/mol. The molecule has 0 saturated heterocycles. The third kappa shape index (κ3) is 4.24. The molecule has 1 amide bonds. The van der Waals surface area contributed by atoms with E-state index in [-0.39, 0.29) is 18.4 Å². The van der Waals surface area contributed by atoms with Gasteiger partial charge in [0.15, 0.2) is 11.5 Å². The summed E-state index contributed by atoms with van der Waals surface area (Å²) in [5, 5.41) is 4.26. The summed E-state index contributed by atoms with van der Waals surface area (Å²) < 4.78 is 11.6. The average Bonchev–Trinajstić information content (AvgIpc) is 3.28. The van der Waals surface area contributed by atoms with Gasteiger partial charge in [0.2, 0.25) is 6.10 Å². The molecule has 0 unspecified atom stereocenters. The fraction of sp³-hybridized carbons (Fsp3) is 0.222. The molecule has 0 fully saturated rings. The molecule has 2 N–H and O–H groups in total. The van der Waals surface area contributed by atoms with Gasteiger partial charge in [-0.2, -0.15) is 0 Å².